The topological polar surface area (TPSA) is 110 Å². The molecule has 3 aromatic rings. The van der Waals surface area contributed by atoms with Crippen LogP contribution >= 0.6 is 9.06 Å². The minimum absolute atomic E-state index is 0.0226. The molecule has 1 saturated carbocycles. The predicted molar refractivity (Wildman–Crippen MR) is 163 cm³/mol. The third kappa shape index (κ3) is 6.23. The molecule has 0 radical (unpaired) electrons. The Morgan fingerprint density at radius 2 is 1.20 bits per heavy atom. The van der Waals surface area contributed by atoms with Crippen LogP contribution in [-0.2, 0) is 27.7 Å². The molecular weight excluding hydrogens is 655 g/mol. The van der Waals surface area contributed by atoms with Gasteiger partial charge in [0.2, 0.25) is 0 Å². The molecule has 0 bridgehead atoms. The van der Waals surface area contributed by atoms with E-state index in [1.54, 1.807) is 0 Å². The van der Waals surface area contributed by atoms with Gasteiger partial charge in [0.15, 0.2) is 8.66 Å². The van der Waals surface area contributed by atoms with Crippen molar-refractivity contribution in [3.8, 4) is 0 Å². The third-order valence-corrected chi connectivity index (χ3v) is 17.6. The lowest BCUT2D eigenvalue weighted by atomic mass is 9.87. The Morgan fingerprint density at radius 1 is 0.804 bits per heavy atom. The summed E-state index contributed by atoms with van der Waals surface area (Å²) in [4.78, 5) is 23.8. The molecule has 1 unspecified atom stereocenters. The van der Waals surface area contributed by atoms with E-state index in [-0.39, 0.29) is 45.9 Å². The van der Waals surface area contributed by atoms with Gasteiger partial charge in [-0.05, 0) is 69.0 Å². The Kier molecular flexibility index (Phi) is 9.89. The van der Waals surface area contributed by atoms with Crippen LogP contribution in [0.3, 0.4) is 0 Å². The molecule has 0 spiro atoms. The highest BCUT2D eigenvalue weighted by Crippen LogP contribution is 2.83. The summed E-state index contributed by atoms with van der Waals surface area (Å²) in [5.74, 6) is -3.72. The second kappa shape index (κ2) is 12.9. The van der Waals surface area contributed by atoms with Crippen LogP contribution in [0.2, 0.25) is 0 Å². The summed E-state index contributed by atoms with van der Waals surface area (Å²) in [5, 5.41) is -6.00. The molecular formula is C32H33F5O7S2. The van der Waals surface area contributed by atoms with E-state index in [1.165, 1.54) is 97.9 Å². The first kappa shape index (κ1) is 35.3. The second-order valence-electron chi connectivity index (χ2n) is 10.9. The molecule has 0 aromatic heterocycles. The van der Waals surface area contributed by atoms with Crippen LogP contribution in [0.25, 0.3) is 0 Å². The van der Waals surface area contributed by atoms with Gasteiger partial charge in [0, 0.05) is 20.3 Å². The first-order valence-corrected chi connectivity index (χ1v) is 18.1. The Morgan fingerprint density at radius 3 is 1.54 bits per heavy atom. The Labute approximate surface area is 263 Å². The number of ether oxygens (including phenoxy) is 2. The van der Waals surface area contributed by atoms with Crippen molar-refractivity contribution in [3.05, 3.63) is 103 Å². The smallest absolute Gasteiger partial charge is 0.432 e. The molecule has 0 amide bonds. The molecule has 1 aliphatic carbocycles. The first-order chi connectivity index (χ1) is 21.4. The molecule has 1 fully saturated rings. The van der Waals surface area contributed by atoms with Crippen LogP contribution in [0.5, 0.6) is 0 Å². The minimum atomic E-state index is -7.99. The zero-order chi connectivity index (χ0) is 34.0. The standard InChI is InChI=1S/C32H33F5O7S2/c1-22(2)28(38)43-24-20-18-23(19-21-24)29(39)44-30(31(33,34)35)32(36,37)46(40,41,42)45(25-12-6-3-7-13-25,26-14-8-4-9-15-26)27-16-10-5-11-17-27/h3-17,23-24,30H,1,18-21H2,2H3,(H2,40,41,42). The first-order valence-electron chi connectivity index (χ1n) is 14.1. The zero-order valence-electron chi connectivity index (χ0n) is 24.6. The largest absolute Gasteiger partial charge is 0.459 e. The van der Waals surface area contributed by atoms with Gasteiger partial charge in [0.1, 0.15) is 6.10 Å². The number of carbonyl (C=O) groups excluding carboxylic acids is 2. The highest BCUT2D eigenvalue weighted by atomic mass is 33.2. The molecule has 3 aromatic carbocycles. The van der Waals surface area contributed by atoms with E-state index < -0.39 is 59.2 Å². The highest BCUT2D eigenvalue weighted by molar-refractivity contribution is 8.97. The number of carbonyl (C=O) groups is 2. The summed E-state index contributed by atoms with van der Waals surface area (Å²) in [6.45, 7) is 4.87. The van der Waals surface area contributed by atoms with Gasteiger partial charge in [-0.1, -0.05) is 70.2 Å². The van der Waals surface area contributed by atoms with Crippen molar-refractivity contribution in [3.63, 3.8) is 0 Å². The van der Waals surface area contributed by atoms with Crippen LogP contribution in [-0.4, -0.2) is 48.9 Å². The van der Waals surface area contributed by atoms with Crippen molar-refractivity contribution in [1.82, 2.24) is 0 Å². The molecule has 250 valence electrons. The number of esters is 2. The highest BCUT2D eigenvalue weighted by Gasteiger charge is 2.77. The van der Waals surface area contributed by atoms with Crippen LogP contribution < -0.4 is 0 Å². The maximum Gasteiger partial charge on any atom is 0.432 e. The van der Waals surface area contributed by atoms with Gasteiger partial charge in [-0.25, -0.2) is 9.00 Å². The van der Waals surface area contributed by atoms with Gasteiger partial charge in [-0.3, -0.25) is 13.9 Å². The van der Waals surface area contributed by atoms with E-state index in [9.17, 15) is 36.1 Å². The molecule has 1 aliphatic rings. The predicted octanol–water partition coefficient (Wildman–Crippen LogP) is 8.39. The Hall–Kier alpha value is -3.59. The quantitative estimate of drug-likeness (QED) is 0.0953. The van der Waals surface area contributed by atoms with Gasteiger partial charge in [0.05, 0.1) is 5.92 Å². The molecule has 1 atom stereocenters. The maximum atomic E-state index is 16.7. The lowest BCUT2D eigenvalue weighted by Gasteiger charge is -2.57. The Balaban J connectivity index is 1.83. The normalized spacial score (nSPS) is 19.6. The van der Waals surface area contributed by atoms with Crippen LogP contribution in [0, 0.1) is 5.92 Å². The molecule has 46 heavy (non-hydrogen) atoms. The monoisotopic (exact) mass is 688 g/mol. The van der Waals surface area contributed by atoms with E-state index in [0.717, 1.165) is 0 Å². The van der Waals surface area contributed by atoms with Crippen molar-refractivity contribution < 1.29 is 54.3 Å². The molecule has 4 rings (SSSR count). The van der Waals surface area contributed by atoms with Crippen molar-refractivity contribution in [2.75, 3.05) is 0 Å². The van der Waals surface area contributed by atoms with Crippen molar-refractivity contribution >= 4 is 29.7 Å². The van der Waals surface area contributed by atoms with Crippen molar-refractivity contribution in [2.24, 2.45) is 5.92 Å². The van der Waals surface area contributed by atoms with E-state index in [0.29, 0.717) is 0 Å². The van der Waals surface area contributed by atoms with Gasteiger partial charge < -0.3 is 9.47 Å². The molecule has 14 heteroatoms. The number of halogens is 5. The van der Waals surface area contributed by atoms with E-state index in [4.69, 9.17) is 4.74 Å². The van der Waals surface area contributed by atoms with Gasteiger partial charge >= 0.3 is 23.4 Å². The SMILES string of the molecule is C=C(C)C(=O)OC1CCC(C(=O)OC(C(F)(F)F)C(F)(F)S(=O)(O)(O)S(c2ccccc2)(c2ccccc2)c2ccccc2)CC1. The van der Waals surface area contributed by atoms with Crippen molar-refractivity contribution in [2.45, 2.75) is 70.9 Å². The van der Waals surface area contributed by atoms with Gasteiger partial charge in [0.25, 0.3) is 6.10 Å². The number of rotatable bonds is 10. The summed E-state index contributed by atoms with van der Waals surface area (Å²) >= 11 is 0. The van der Waals surface area contributed by atoms with Crippen LogP contribution in [0.4, 0.5) is 22.0 Å². The fraction of sp³-hybridized carbons (Fsp3) is 0.312. The number of alkyl halides is 5. The zero-order valence-corrected chi connectivity index (χ0v) is 26.2. The fourth-order valence-electron chi connectivity index (χ4n) is 5.32. The average Bonchev–Trinajstić information content (AvgIpc) is 3.01. The summed E-state index contributed by atoms with van der Waals surface area (Å²) in [7, 11) is -12.6. The van der Waals surface area contributed by atoms with E-state index in [1.807, 2.05) is 0 Å². The summed E-state index contributed by atoms with van der Waals surface area (Å²) in [6.07, 6.45) is -11.6. The average molecular weight is 689 g/mol. The number of hydrogen-bond acceptors (Lipinski definition) is 5. The summed E-state index contributed by atoms with van der Waals surface area (Å²) in [5.41, 5.74) is 0.114. The summed E-state index contributed by atoms with van der Waals surface area (Å²) < 4.78 is 125. The number of benzene rings is 3. The summed E-state index contributed by atoms with van der Waals surface area (Å²) in [6, 6.07) is 19.3. The lowest BCUT2D eigenvalue weighted by Crippen LogP contribution is -2.63. The number of hydrogen-bond donors (Lipinski definition) is 2. The van der Waals surface area contributed by atoms with E-state index >= 15 is 8.78 Å². The maximum absolute atomic E-state index is 16.7. The van der Waals surface area contributed by atoms with Gasteiger partial charge in [-0.2, -0.15) is 22.0 Å². The van der Waals surface area contributed by atoms with Crippen molar-refractivity contribution in [1.29, 1.82) is 0 Å². The fourth-order valence-corrected chi connectivity index (χ4v) is 15.1. The second-order valence-corrected chi connectivity index (χ2v) is 18.8. The third-order valence-electron chi connectivity index (χ3n) is 7.61. The minimum Gasteiger partial charge on any atom is -0.459 e. The van der Waals surface area contributed by atoms with Crippen LogP contribution in [0.15, 0.2) is 118 Å². The van der Waals surface area contributed by atoms with Crippen LogP contribution in [0.1, 0.15) is 32.6 Å². The molecule has 7 nitrogen and oxygen atoms in total. The lowest BCUT2D eigenvalue weighted by molar-refractivity contribution is -0.262. The Bertz CT molecular complexity index is 1520. The molecule has 0 saturated heterocycles. The molecule has 0 aliphatic heterocycles. The molecule has 2 N–H and O–H groups in total. The van der Waals surface area contributed by atoms with Gasteiger partial charge in [-0.15, -0.1) is 0 Å². The molecule has 0 heterocycles. The van der Waals surface area contributed by atoms with E-state index in [2.05, 4.69) is 11.3 Å².